The molecule has 0 saturated heterocycles. The molecule has 1 aromatic carbocycles. The second-order valence-electron chi connectivity index (χ2n) is 5.95. The second-order valence-corrected chi connectivity index (χ2v) is 7.71. The van der Waals surface area contributed by atoms with Crippen LogP contribution in [0.2, 0.25) is 0 Å². The van der Waals surface area contributed by atoms with E-state index in [1.54, 1.807) is 35.0 Å². The molecule has 0 spiro atoms. The molecule has 0 saturated carbocycles. The van der Waals surface area contributed by atoms with Crippen molar-refractivity contribution in [3.05, 3.63) is 41.2 Å². The minimum atomic E-state index is -3.62. The maximum Gasteiger partial charge on any atom is 0.240 e. The Morgan fingerprint density at radius 2 is 2.00 bits per heavy atom. The van der Waals surface area contributed by atoms with Gasteiger partial charge in [-0.1, -0.05) is 0 Å². The Balaban J connectivity index is 1.83. The largest absolute Gasteiger partial charge is 0.315 e. The monoisotopic (exact) mass is 348 g/mol. The molecule has 0 radical (unpaired) electrons. The van der Waals surface area contributed by atoms with Crippen LogP contribution in [0.1, 0.15) is 23.2 Å². The van der Waals surface area contributed by atoms with Gasteiger partial charge in [-0.25, -0.2) is 13.1 Å². The molecule has 8 heteroatoms. The Morgan fingerprint density at radius 3 is 2.67 bits per heavy atom. The van der Waals surface area contributed by atoms with Crippen LogP contribution in [-0.2, 0) is 34.8 Å². The van der Waals surface area contributed by atoms with Crippen molar-refractivity contribution in [2.45, 2.75) is 31.2 Å². The number of anilines is 1. The van der Waals surface area contributed by atoms with Crippen molar-refractivity contribution in [3.8, 4) is 0 Å². The number of hydrogen-bond donors (Lipinski definition) is 1. The van der Waals surface area contributed by atoms with E-state index < -0.39 is 10.0 Å². The van der Waals surface area contributed by atoms with Crippen LogP contribution in [0.25, 0.3) is 0 Å². The number of carbonyl (C=O) groups excluding carboxylic acids is 1. The minimum Gasteiger partial charge on any atom is -0.315 e. The number of rotatable bonds is 4. The summed E-state index contributed by atoms with van der Waals surface area (Å²) in [5, 5.41) is 4.11. The Bertz CT molecular complexity index is 902. The molecular weight excluding hydrogens is 328 g/mol. The molecule has 128 valence electrons. The predicted molar refractivity (Wildman–Crippen MR) is 90.1 cm³/mol. The third-order valence-corrected chi connectivity index (χ3v) is 5.89. The van der Waals surface area contributed by atoms with Crippen molar-refractivity contribution in [2.75, 3.05) is 11.9 Å². The lowest BCUT2D eigenvalue weighted by molar-refractivity contribution is -0.118. The van der Waals surface area contributed by atoms with Gasteiger partial charge in [-0.2, -0.15) is 5.10 Å². The molecule has 0 bridgehead atoms. The lowest BCUT2D eigenvalue weighted by Crippen LogP contribution is -2.31. The minimum absolute atomic E-state index is 0.0447. The zero-order valence-electron chi connectivity index (χ0n) is 13.9. The summed E-state index contributed by atoms with van der Waals surface area (Å²) in [5.41, 5.74) is 3.40. The highest BCUT2D eigenvalue weighted by Gasteiger charge is 2.23. The predicted octanol–water partition coefficient (Wildman–Crippen LogP) is 1.12. The number of sulfonamides is 1. The van der Waals surface area contributed by atoms with E-state index in [0.717, 1.165) is 22.5 Å². The Hall–Kier alpha value is -2.19. The number of nitrogens with one attached hydrogen (secondary N) is 1. The average Bonchev–Trinajstić information content (AvgIpc) is 2.88. The number of aryl methyl sites for hydroxylation is 2. The summed E-state index contributed by atoms with van der Waals surface area (Å²) in [5.74, 6) is 0.0447. The van der Waals surface area contributed by atoms with E-state index in [2.05, 4.69) is 9.82 Å². The van der Waals surface area contributed by atoms with Crippen molar-refractivity contribution < 1.29 is 13.2 Å². The van der Waals surface area contributed by atoms with Gasteiger partial charge >= 0.3 is 0 Å². The molecule has 3 rings (SSSR count). The summed E-state index contributed by atoms with van der Waals surface area (Å²) in [7, 11) is -0.101. The van der Waals surface area contributed by atoms with Crippen molar-refractivity contribution in [1.82, 2.24) is 14.5 Å². The molecule has 1 aliphatic rings. The van der Waals surface area contributed by atoms with Gasteiger partial charge in [-0.05, 0) is 37.1 Å². The van der Waals surface area contributed by atoms with Gasteiger partial charge in [0.05, 0.1) is 11.1 Å². The fraction of sp³-hybridized carbons (Fsp3) is 0.375. The molecule has 2 aromatic rings. The van der Waals surface area contributed by atoms with Gasteiger partial charge in [-0.15, -0.1) is 0 Å². The molecule has 1 aromatic heterocycles. The van der Waals surface area contributed by atoms with Crippen LogP contribution in [0.15, 0.2) is 29.3 Å². The van der Waals surface area contributed by atoms with Crippen LogP contribution >= 0.6 is 0 Å². The van der Waals surface area contributed by atoms with Crippen LogP contribution in [0, 0.1) is 6.92 Å². The first kappa shape index (κ1) is 16.7. The highest BCUT2D eigenvalue weighted by molar-refractivity contribution is 7.89. The molecule has 0 fully saturated rings. The number of carbonyl (C=O) groups is 1. The zero-order chi connectivity index (χ0) is 17.5. The van der Waals surface area contributed by atoms with E-state index in [1.807, 2.05) is 14.0 Å². The fourth-order valence-corrected chi connectivity index (χ4v) is 3.83. The van der Waals surface area contributed by atoms with Gasteiger partial charge in [-0.3, -0.25) is 9.48 Å². The van der Waals surface area contributed by atoms with E-state index in [-0.39, 0.29) is 17.3 Å². The number of nitrogens with zero attached hydrogens (tertiary/aromatic N) is 3. The molecule has 2 heterocycles. The van der Waals surface area contributed by atoms with Crippen LogP contribution < -0.4 is 9.62 Å². The number of aromatic nitrogens is 2. The summed E-state index contributed by atoms with van der Waals surface area (Å²) >= 11 is 0. The van der Waals surface area contributed by atoms with Crippen molar-refractivity contribution in [1.29, 1.82) is 0 Å². The molecule has 7 nitrogen and oxygen atoms in total. The van der Waals surface area contributed by atoms with E-state index in [0.29, 0.717) is 12.8 Å². The summed E-state index contributed by atoms with van der Waals surface area (Å²) in [6.07, 6.45) is 2.62. The first-order chi connectivity index (χ1) is 11.3. The number of benzene rings is 1. The van der Waals surface area contributed by atoms with Crippen LogP contribution in [0.4, 0.5) is 5.69 Å². The van der Waals surface area contributed by atoms with E-state index in [9.17, 15) is 13.2 Å². The highest BCUT2D eigenvalue weighted by Crippen LogP contribution is 2.29. The van der Waals surface area contributed by atoms with Crippen LogP contribution in [0.3, 0.4) is 0 Å². The first-order valence-corrected chi connectivity index (χ1v) is 9.14. The molecule has 1 amide bonds. The van der Waals surface area contributed by atoms with Gasteiger partial charge in [0.1, 0.15) is 0 Å². The summed E-state index contributed by atoms with van der Waals surface area (Å²) in [4.78, 5) is 13.5. The number of fused-ring (bicyclic) bond motifs is 1. The fourth-order valence-electron chi connectivity index (χ4n) is 2.77. The normalized spacial score (nSPS) is 14.8. The first-order valence-electron chi connectivity index (χ1n) is 7.66. The summed E-state index contributed by atoms with van der Waals surface area (Å²) in [6, 6.07) is 4.87. The molecular formula is C16H20N4O3S. The van der Waals surface area contributed by atoms with Crippen molar-refractivity contribution in [2.24, 2.45) is 7.05 Å². The van der Waals surface area contributed by atoms with Gasteiger partial charge in [0.15, 0.2) is 0 Å². The SMILES string of the molecule is Cc1c(CNS(=O)(=O)c2ccc3c(c2)CCC(=O)N3C)cnn1C. The van der Waals surface area contributed by atoms with Crippen molar-refractivity contribution >= 4 is 21.6 Å². The van der Waals surface area contributed by atoms with Gasteiger partial charge in [0.2, 0.25) is 15.9 Å². The molecule has 1 N–H and O–H groups in total. The van der Waals surface area contributed by atoms with Crippen LogP contribution in [-0.4, -0.2) is 31.2 Å². The lowest BCUT2D eigenvalue weighted by atomic mass is 10.0. The average molecular weight is 348 g/mol. The Labute approximate surface area is 141 Å². The lowest BCUT2D eigenvalue weighted by Gasteiger charge is -2.26. The maximum atomic E-state index is 12.5. The second kappa shape index (κ2) is 6.03. The van der Waals surface area contributed by atoms with Gasteiger partial charge in [0.25, 0.3) is 0 Å². The third kappa shape index (κ3) is 2.94. The highest BCUT2D eigenvalue weighted by atomic mass is 32.2. The molecule has 0 unspecified atom stereocenters. The van der Waals surface area contributed by atoms with E-state index in [4.69, 9.17) is 0 Å². The topological polar surface area (TPSA) is 84.3 Å². The quantitative estimate of drug-likeness (QED) is 0.897. The molecule has 0 atom stereocenters. The molecule has 24 heavy (non-hydrogen) atoms. The Morgan fingerprint density at radius 1 is 1.25 bits per heavy atom. The maximum absolute atomic E-state index is 12.5. The number of hydrogen-bond acceptors (Lipinski definition) is 4. The zero-order valence-corrected chi connectivity index (χ0v) is 14.7. The Kier molecular flexibility index (Phi) is 4.18. The van der Waals surface area contributed by atoms with Gasteiger partial charge in [0, 0.05) is 44.0 Å². The smallest absolute Gasteiger partial charge is 0.240 e. The summed E-state index contributed by atoms with van der Waals surface area (Å²) in [6.45, 7) is 2.08. The third-order valence-electron chi connectivity index (χ3n) is 4.49. The summed E-state index contributed by atoms with van der Waals surface area (Å²) < 4.78 is 29.4. The molecule has 0 aliphatic carbocycles. The standard InChI is InChI=1S/C16H20N4O3S/c1-11-13(9-17-20(11)3)10-18-24(22,23)14-5-6-15-12(8-14)4-7-16(21)19(15)2/h5-6,8-9,18H,4,7,10H2,1-3H3. The van der Waals surface area contributed by atoms with Crippen LogP contribution in [0.5, 0.6) is 0 Å². The van der Waals surface area contributed by atoms with E-state index in [1.165, 1.54) is 6.07 Å². The van der Waals surface area contributed by atoms with Gasteiger partial charge < -0.3 is 4.90 Å². The number of amides is 1. The molecule has 1 aliphatic heterocycles. The van der Waals surface area contributed by atoms with E-state index >= 15 is 0 Å². The van der Waals surface area contributed by atoms with Crippen molar-refractivity contribution in [3.63, 3.8) is 0 Å².